The molecule has 0 radical (unpaired) electrons. The zero-order chi connectivity index (χ0) is 17.1. The van der Waals surface area contributed by atoms with Crippen molar-refractivity contribution in [2.45, 2.75) is 19.4 Å². The van der Waals surface area contributed by atoms with Crippen molar-refractivity contribution in [3.8, 4) is 0 Å². The van der Waals surface area contributed by atoms with E-state index in [9.17, 15) is 19.2 Å². The second-order valence-electron chi connectivity index (χ2n) is 4.60. The van der Waals surface area contributed by atoms with Gasteiger partial charge in [-0.25, -0.2) is 0 Å². The van der Waals surface area contributed by atoms with Crippen molar-refractivity contribution in [3.63, 3.8) is 0 Å². The van der Waals surface area contributed by atoms with Gasteiger partial charge in [0.1, 0.15) is 6.04 Å². The van der Waals surface area contributed by atoms with Gasteiger partial charge in [-0.15, -0.1) is 6.58 Å². The van der Waals surface area contributed by atoms with E-state index >= 15 is 0 Å². The summed E-state index contributed by atoms with van der Waals surface area (Å²) in [6.45, 7) is 5.05. The summed E-state index contributed by atoms with van der Waals surface area (Å²) >= 11 is 0. The van der Waals surface area contributed by atoms with E-state index in [-0.39, 0.29) is 19.0 Å². The van der Waals surface area contributed by atoms with E-state index in [1.807, 2.05) is 0 Å². The number of carbonyl (C=O) groups excluding carboxylic acids is 4. The lowest BCUT2D eigenvalue weighted by Crippen LogP contribution is -2.51. The Hall–Kier alpha value is -2.22. The number of nitrogens with one attached hydrogen (secondary N) is 3. The molecule has 0 aromatic rings. The number of likely N-dealkylation sites (N-methyl/N-ethyl adjacent to an activating group) is 2. The summed E-state index contributed by atoms with van der Waals surface area (Å²) in [4.78, 5) is 48.0. The first-order chi connectivity index (χ1) is 10.4. The first-order valence-corrected chi connectivity index (χ1v) is 6.98. The number of nitrogens with zero attached hydrogens (tertiary/aromatic N) is 1. The fourth-order valence-electron chi connectivity index (χ4n) is 1.71. The molecule has 8 nitrogen and oxygen atoms in total. The summed E-state index contributed by atoms with van der Waals surface area (Å²) in [6, 6.07) is -0.690. The van der Waals surface area contributed by atoms with Crippen LogP contribution in [0.4, 0.5) is 0 Å². The van der Waals surface area contributed by atoms with Gasteiger partial charge in [0.25, 0.3) is 5.91 Å². The normalized spacial score (nSPS) is 11.2. The van der Waals surface area contributed by atoms with Crippen LogP contribution in [-0.4, -0.2) is 68.2 Å². The van der Waals surface area contributed by atoms with E-state index in [4.69, 9.17) is 0 Å². The minimum Gasteiger partial charge on any atom is -0.347 e. The third kappa shape index (κ3) is 6.49. The monoisotopic (exact) mass is 312 g/mol. The predicted molar refractivity (Wildman–Crippen MR) is 82.0 cm³/mol. The zero-order valence-corrected chi connectivity index (χ0v) is 13.3. The second kappa shape index (κ2) is 10.5. The van der Waals surface area contributed by atoms with E-state index in [0.29, 0.717) is 6.42 Å². The lowest BCUT2D eigenvalue weighted by Gasteiger charge is -2.26. The maximum absolute atomic E-state index is 12.0. The van der Waals surface area contributed by atoms with Crippen LogP contribution in [0.15, 0.2) is 12.7 Å². The highest BCUT2D eigenvalue weighted by Gasteiger charge is 2.25. The first-order valence-electron chi connectivity index (χ1n) is 6.98. The van der Waals surface area contributed by atoms with Crippen molar-refractivity contribution < 1.29 is 19.2 Å². The average Bonchev–Trinajstić information content (AvgIpc) is 2.50. The lowest BCUT2D eigenvalue weighted by molar-refractivity contribution is -0.140. The molecule has 0 aromatic heterocycles. The van der Waals surface area contributed by atoms with Gasteiger partial charge >= 0.3 is 0 Å². The summed E-state index contributed by atoms with van der Waals surface area (Å²) < 4.78 is 0. The smallest absolute Gasteiger partial charge is 0.289 e. The van der Waals surface area contributed by atoms with Crippen LogP contribution in [0.2, 0.25) is 0 Å². The highest BCUT2D eigenvalue weighted by Crippen LogP contribution is 2.02. The molecule has 0 saturated heterocycles. The van der Waals surface area contributed by atoms with Gasteiger partial charge in [0, 0.05) is 13.6 Å². The molecule has 3 amide bonds. The number of ketones is 1. The van der Waals surface area contributed by atoms with Crippen LogP contribution >= 0.6 is 0 Å². The average molecular weight is 312 g/mol. The summed E-state index contributed by atoms with van der Waals surface area (Å²) in [5, 5.41) is 7.42. The Morgan fingerprint density at radius 3 is 2.32 bits per heavy atom. The van der Waals surface area contributed by atoms with Gasteiger partial charge < -0.3 is 20.9 Å². The van der Waals surface area contributed by atoms with Crippen LogP contribution in [0, 0.1) is 0 Å². The molecule has 0 fully saturated rings. The summed E-state index contributed by atoms with van der Waals surface area (Å²) in [7, 11) is 3.15. The molecular formula is C14H24N4O4. The number of Topliss-reactive ketones (excluding diaryl/α,β-unsaturated/α-hetero) is 1. The molecule has 0 aromatic carbocycles. The van der Waals surface area contributed by atoms with E-state index in [2.05, 4.69) is 22.5 Å². The third-order valence-electron chi connectivity index (χ3n) is 2.96. The summed E-state index contributed by atoms with van der Waals surface area (Å²) in [6.07, 6.45) is 1.84. The van der Waals surface area contributed by atoms with Crippen molar-refractivity contribution in [1.82, 2.24) is 20.9 Å². The predicted octanol–water partition coefficient (Wildman–Crippen LogP) is -1.57. The highest BCUT2D eigenvalue weighted by atomic mass is 16.2. The van der Waals surface area contributed by atoms with E-state index in [0.717, 1.165) is 0 Å². The van der Waals surface area contributed by atoms with Gasteiger partial charge in [-0.1, -0.05) is 13.0 Å². The highest BCUT2D eigenvalue weighted by molar-refractivity contribution is 6.37. The number of hydrogen-bond acceptors (Lipinski definition) is 5. The Balaban J connectivity index is 4.49. The summed E-state index contributed by atoms with van der Waals surface area (Å²) in [5.41, 5.74) is 0. The van der Waals surface area contributed by atoms with Gasteiger partial charge in [-0.2, -0.15) is 0 Å². The molecule has 0 spiro atoms. The Bertz CT molecular complexity index is 437. The first kappa shape index (κ1) is 19.8. The van der Waals surface area contributed by atoms with Crippen molar-refractivity contribution >= 4 is 23.5 Å². The van der Waals surface area contributed by atoms with E-state index < -0.39 is 30.2 Å². The van der Waals surface area contributed by atoms with E-state index in [1.165, 1.54) is 18.0 Å². The number of amides is 3. The molecule has 22 heavy (non-hydrogen) atoms. The minimum atomic E-state index is -0.784. The van der Waals surface area contributed by atoms with Crippen LogP contribution in [0.25, 0.3) is 0 Å². The minimum absolute atomic E-state index is 0.114. The largest absolute Gasteiger partial charge is 0.347 e. The van der Waals surface area contributed by atoms with Crippen molar-refractivity contribution in [1.29, 1.82) is 0 Å². The Labute approximate surface area is 130 Å². The van der Waals surface area contributed by atoms with Crippen LogP contribution in [0.5, 0.6) is 0 Å². The fraction of sp³-hybridized carbons (Fsp3) is 0.571. The zero-order valence-electron chi connectivity index (χ0n) is 13.3. The van der Waals surface area contributed by atoms with Crippen molar-refractivity contribution in [3.05, 3.63) is 12.7 Å². The van der Waals surface area contributed by atoms with Gasteiger partial charge in [0.05, 0.1) is 13.1 Å². The molecule has 124 valence electrons. The van der Waals surface area contributed by atoms with Crippen molar-refractivity contribution in [2.24, 2.45) is 0 Å². The number of hydrogen-bond donors (Lipinski definition) is 3. The summed E-state index contributed by atoms with van der Waals surface area (Å²) in [5.74, 6) is -2.25. The molecule has 0 rings (SSSR count). The standard InChI is InChI=1S/C14H24N4O4/c1-5-7-16-14(22)11(19)8-17-13(21)10(6-2)18(4)12(20)9-15-3/h5,10,15H,1,6-9H2,2-4H3,(H,16,22)(H,17,21). The molecule has 1 unspecified atom stereocenters. The Morgan fingerprint density at radius 2 is 1.82 bits per heavy atom. The van der Waals surface area contributed by atoms with Crippen LogP contribution in [-0.2, 0) is 19.2 Å². The van der Waals surface area contributed by atoms with Gasteiger partial charge in [0.15, 0.2) is 0 Å². The second-order valence-corrected chi connectivity index (χ2v) is 4.60. The molecule has 0 aliphatic heterocycles. The van der Waals surface area contributed by atoms with Crippen LogP contribution in [0.3, 0.4) is 0 Å². The Kier molecular flexibility index (Phi) is 9.44. The van der Waals surface area contributed by atoms with Gasteiger partial charge in [-0.05, 0) is 13.5 Å². The van der Waals surface area contributed by atoms with Crippen molar-refractivity contribution in [2.75, 3.05) is 33.7 Å². The SMILES string of the molecule is C=CCNC(=O)C(=O)CNC(=O)C(CC)N(C)C(=O)CNC. The van der Waals surface area contributed by atoms with E-state index in [1.54, 1.807) is 14.0 Å². The molecule has 8 heteroatoms. The number of rotatable bonds is 10. The maximum atomic E-state index is 12.0. The molecule has 1 atom stereocenters. The maximum Gasteiger partial charge on any atom is 0.289 e. The molecular weight excluding hydrogens is 288 g/mol. The van der Waals surface area contributed by atoms with Crippen LogP contribution in [0.1, 0.15) is 13.3 Å². The number of carbonyl (C=O) groups is 4. The molecule has 0 heterocycles. The molecule has 0 aliphatic rings. The molecule has 0 saturated carbocycles. The quantitative estimate of drug-likeness (QED) is 0.334. The van der Waals surface area contributed by atoms with Crippen LogP contribution < -0.4 is 16.0 Å². The Morgan fingerprint density at radius 1 is 1.18 bits per heavy atom. The molecule has 0 aliphatic carbocycles. The third-order valence-corrected chi connectivity index (χ3v) is 2.96. The fourth-order valence-corrected chi connectivity index (χ4v) is 1.71. The molecule has 0 bridgehead atoms. The molecule has 3 N–H and O–H groups in total. The lowest BCUT2D eigenvalue weighted by atomic mass is 10.1. The van der Waals surface area contributed by atoms with Gasteiger partial charge in [-0.3, -0.25) is 19.2 Å². The van der Waals surface area contributed by atoms with Gasteiger partial charge in [0.2, 0.25) is 17.6 Å². The topological polar surface area (TPSA) is 108 Å².